The lowest BCUT2D eigenvalue weighted by molar-refractivity contribution is 0.302. The van der Waals surface area contributed by atoms with Gasteiger partial charge in [-0.05, 0) is 37.1 Å². The Morgan fingerprint density at radius 1 is 1.21 bits per heavy atom. The third-order valence-corrected chi connectivity index (χ3v) is 2.97. The lowest BCUT2D eigenvalue weighted by Gasteiger charge is -2.11. The fourth-order valence-electron chi connectivity index (χ4n) is 1.84. The number of nitrogens with zero attached hydrogens (tertiary/aromatic N) is 1. The first kappa shape index (κ1) is 13.1. The van der Waals surface area contributed by atoms with Crippen LogP contribution in [0, 0.1) is 31.0 Å². The first-order valence-electron chi connectivity index (χ1n) is 5.99. The number of nitriles is 1. The molecule has 0 saturated heterocycles. The number of benzene rings is 2. The van der Waals surface area contributed by atoms with E-state index in [-0.39, 0.29) is 11.3 Å². The van der Waals surface area contributed by atoms with Gasteiger partial charge < -0.3 is 4.74 Å². The molecule has 0 aliphatic heterocycles. The summed E-state index contributed by atoms with van der Waals surface area (Å²) in [5.41, 5.74) is 3.24. The van der Waals surface area contributed by atoms with E-state index in [0.717, 1.165) is 16.7 Å². The van der Waals surface area contributed by atoms with Gasteiger partial charge in [-0.1, -0.05) is 29.8 Å². The van der Waals surface area contributed by atoms with Gasteiger partial charge in [0, 0.05) is 0 Å². The second-order valence-electron chi connectivity index (χ2n) is 4.44. The molecule has 0 aromatic heterocycles. The number of aryl methyl sites for hydroxylation is 2. The summed E-state index contributed by atoms with van der Waals surface area (Å²) >= 11 is 0. The van der Waals surface area contributed by atoms with Gasteiger partial charge >= 0.3 is 0 Å². The molecule has 0 spiro atoms. The fraction of sp³-hybridized carbons (Fsp3) is 0.188. The highest BCUT2D eigenvalue weighted by Gasteiger charge is 2.09. The van der Waals surface area contributed by atoms with E-state index >= 15 is 0 Å². The number of rotatable bonds is 3. The van der Waals surface area contributed by atoms with Crippen LogP contribution in [0.3, 0.4) is 0 Å². The Kier molecular flexibility index (Phi) is 3.82. The van der Waals surface area contributed by atoms with Crippen LogP contribution in [0.2, 0.25) is 0 Å². The van der Waals surface area contributed by atoms with Crippen LogP contribution in [-0.2, 0) is 6.61 Å². The summed E-state index contributed by atoms with van der Waals surface area (Å²) in [5, 5.41) is 8.93. The van der Waals surface area contributed by atoms with E-state index in [4.69, 9.17) is 10.00 Å². The zero-order valence-corrected chi connectivity index (χ0v) is 10.9. The Balaban J connectivity index is 2.22. The van der Waals surface area contributed by atoms with Crippen molar-refractivity contribution in [1.82, 2.24) is 0 Å². The molecule has 0 fully saturated rings. The molecule has 2 nitrogen and oxygen atoms in total. The molecule has 96 valence electrons. The van der Waals surface area contributed by atoms with Gasteiger partial charge in [0.05, 0.1) is 0 Å². The van der Waals surface area contributed by atoms with Gasteiger partial charge in [0.2, 0.25) is 0 Å². The van der Waals surface area contributed by atoms with Crippen molar-refractivity contribution in [1.29, 1.82) is 5.26 Å². The number of halogens is 1. The summed E-state index contributed by atoms with van der Waals surface area (Å²) in [6, 6.07) is 12.3. The average Bonchev–Trinajstić information content (AvgIpc) is 2.40. The average molecular weight is 255 g/mol. The standard InChI is InChI=1S/C16H14FNO/c1-11-6-7-12(2)13(8-11)10-19-16-5-3-4-15(17)14(16)9-18/h3-8H,10H2,1-2H3. The summed E-state index contributed by atoms with van der Waals surface area (Å²) < 4.78 is 19.0. The van der Waals surface area contributed by atoms with Crippen molar-refractivity contribution in [3.8, 4) is 11.8 Å². The molecule has 0 radical (unpaired) electrons. The van der Waals surface area contributed by atoms with Crippen LogP contribution in [0.15, 0.2) is 36.4 Å². The molecule has 0 saturated carbocycles. The summed E-state index contributed by atoms with van der Waals surface area (Å²) in [6.45, 7) is 4.33. The molecule has 0 bridgehead atoms. The maximum atomic E-state index is 13.4. The molecule has 0 aliphatic rings. The quantitative estimate of drug-likeness (QED) is 0.833. The predicted octanol–water partition coefficient (Wildman–Crippen LogP) is 3.89. The molecule has 0 atom stereocenters. The molecular weight excluding hydrogens is 241 g/mol. The van der Waals surface area contributed by atoms with E-state index in [0.29, 0.717) is 6.61 Å². The van der Waals surface area contributed by atoms with Crippen LogP contribution in [0.4, 0.5) is 4.39 Å². The number of hydrogen-bond acceptors (Lipinski definition) is 2. The highest BCUT2D eigenvalue weighted by molar-refractivity contribution is 5.44. The molecule has 0 aliphatic carbocycles. The van der Waals surface area contributed by atoms with Crippen LogP contribution in [0.5, 0.6) is 5.75 Å². The zero-order chi connectivity index (χ0) is 13.8. The molecule has 0 unspecified atom stereocenters. The van der Waals surface area contributed by atoms with E-state index in [1.807, 2.05) is 38.1 Å². The SMILES string of the molecule is Cc1ccc(C)c(COc2cccc(F)c2C#N)c1. The Morgan fingerprint density at radius 2 is 2.00 bits per heavy atom. The van der Waals surface area contributed by atoms with Crippen molar-refractivity contribution in [2.24, 2.45) is 0 Å². The number of ether oxygens (including phenoxy) is 1. The van der Waals surface area contributed by atoms with Crippen LogP contribution >= 0.6 is 0 Å². The largest absolute Gasteiger partial charge is 0.487 e. The molecule has 2 rings (SSSR count). The highest BCUT2D eigenvalue weighted by Crippen LogP contribution is 2.22. The normalized spacial score (nSPS) is 10.0. The Morgan fingerprint density at radius 3 is 2.74 bits per heavy atom. The van der Waals surface area contributed by atoms with Crippen LogP contribution < -0.4 is 4.74 Å². The van der Waals surface area contributed by atoms with Crippen molar-refractivity contribution in [2.75, 3.05) is 0 Å². The van der Waals surface area contributed by atoms with E-state index in [1.165, 1.54) is 12.1 Å². The molecular formula is C16H14FNO. The maximum absolute atomic E-state index is 13.4. The second-order valence-corrected chi connectivity index (χ2v) is 4.44. The van der Waals surface area contributed by atoms with Crippen LogP contribution in [-0.4, -0.2) is 0 Å². The first-order valence-corrected chi connectivity index (χ1v) is 5.99. The van der Waals surface area contributed by atoms with Gasteiger partial charge in [0.15, 0.2) is 0 Å². The summed E-state index contributed by atoms with van der Waals surface area (Å²) in [4.78, 5) is 0. The van der Waals surface area contributed by atoms with Crippen molar-refractivity contribution < 1.29 is 9.13 Å². The summed E-state index contributed by atoms with van der Waals surface area (Å²) in [7, 11) is 0. The zero-order valence-electron chi connectivity index (χ0n) is 10.9. The van der Waals surface area contributed by atoms with Crippen molar-refractivity contribution >= 4 is 0 Å². The Labute approximate surface area is 112 Å². The van der Waals surface area contributed by atoms with Crippen molar-refractivity contribution in [2.45, 2.75) is 20.5 Å². The van der Waals surface area contributed by atoms with Crippen molar-refractivity contribution in [3.63, 3.8) is 0 Å². The molecule has 2 aromatic rings. The minimum atomic E-state index is -0.555. The third kappa shape index (κ3) is 2.92. The van der Waals surface area contributed by atoms with Crippen molar-refractivity contribution in [3.05, 3.63) is 64.5 Å². The molecule has 2 aromatic carbocycles. The van der Waals surface area contributed by atoms with E-state index in [1.54, 1.807) is 6.07 Å². The highest BCUT2D eigenvalue weighted by atomic mass is 19.1. The van der Waals surface area contributed by atoms with Gasteiger partial charge in [0.25, 0.3) is 0 Å². The van der Waals surface area contributed by atoms with Gasteiger partial charge in [-0.25, -0.2) is 4.39 Å². The van der Waals surface area contributed by atoms with Gasteiger partial charge in [-0.15, -0.1) is 0 Å². The molecule has 19 heavy (non-hydrogen) atoms. The fourth-order valence-corrected chi connectivity index (χ4v) is 1.84. The molecule has 3 heteroatoms. The maximum Gasteiger partial charge on any atom is 0.144 e. The summed E-state index contributed by atoms with van der Waals surface area (Å²) in [6.07, 6.45) is 0. The van der Waals surface area contributed by atoms with Gasteiger partial charge in [0.1, 0.15) is 29.8 Å². The minimum Gasteiger partial charge on any atom is -0.487 e. The predicted molar refractivity (Wildman–Crippen MR) is 71.4 cm³/mol. The lowest BCUT2D eigenvalue weighted by Crippen LogP contribution is -2.00. The minimum absolute atomic E-state index is 0.0483. The Bertz CT molecular complexity index is 644. The van der Waals surface area contributed by atoms with E-state index < -0.39 is 5.82 Å². The number of hydrogen-bond donors (Lipinski definition) is 0. The molecule has 0 N–H and O–H groups in total. The van der Waals surface area contributed by atoms with E-state index in [2.05, 4.69) is 0 Å². The summed E-state index contributed by atoms with van der Waals surface area (Å²) in [5.74, 6) is -0.274. The van der Waals surface area contributed by atoms with Gasteiger partial charge in [-0.2, -0.15) is 5.26 Å². The lowest BCUT2D eigenvalue weighted by atomic mass is 10.1. The van der Waals surface area contributed by atoms with Crippen LogP contribution in [0.1, 0.15) is 22.3 Å². The van der Waals surface area contributed by atoms with E-state index in [9.17, 15) is 4.39 Å². The van der Waals surface area contributed by atoms with Gasteiger partial charge in [-0.3, -0.25) is 0 Å². The third-order valence-electron chi connectivity index (χ3n) is 2.97. The molecule has 0 amide bonds. The molecule has 0 heterocycles. The Hall–Kier alpha value is -2.34. The van der Waals surface area contributed by atoms with Crippen LogP contribution in [0.25, 0.3) is 0 Å². The smallest absolute Gasteiger partial charge is 0.144 e. The monoisotopic (exact) mass is 255 g/mol. The second kappa shape index (κ2) is 5.53. The first-order chi connectivity index (χ1) is 9.11. The topological polar surface area (TPSA) is 33.0 Å².